The van der Waals surface area contributed by atoms with Crippen LogP contribution >= 0.6 is 0 Å². The largest absolute Gasteiger partial charge is 0.376 e. The highest BCUT2D eigenvalue weighted by molar-refractivity contribution is 5.55. The average molecular weight is 288 g/mol. The van der Waals surface area contributed by atoms with Gasteiger partial charge in [0.25, 0.3) is 0 Å². The molecule has 0 spiro atoms. The lowest BCUT2D eigenvalue weighted by atomic mass is 10.2. The summed E-state index contributed by atoms with van der Waals surface area (Å²) in [5.74, 6) is 1.05. The van der Waals surface area contributed by atoms with E-state index in [0.717, 1.165) is 44.1 Å². The highest BCUT2D eigenvalue weighted by Gasteiger charge is 2.21. The number of ether oxygens (including phenoxy) is 1. The van der Waals surface area contributed by atoms with Crippen molar-refractivity contribution in [2.75, 3.05) is 31.6 Å². The Morgan fingerprint density at radius 2 is 2.38 bits per heavy atom. The van der Waals surface area contributed by atoms with Gasteiger partial charge in [-0.1, -0.05) is 13.0 Å². The van der Waals surface area contributed by atoms with E-state index in [2.05, 4.69) is 40.9 Å². The molecule has 5 nitrogen and oxygen atoms in total. The lowest BCUT2D eigenvalue weighted by Gasteiger charge is -2.22. The van der Waals surface area contributed by atoms with Crippen LogP contribution in [0.25, 0.3) is 5.65 Å². The van der Waals surface area contributed by atoms with Crippen LogP contribution in [0.15, 0.2) is 24.4 Å². The molecule has 0 radical (unpaired) electrons. The van der Waals surface area contributed by atoms with Crippen LogP contribution in [0.3, 0.4) is 0 Å². The van der Waals surface area contributed by atoms with Crippen LogP contribution in [-0.4, -0.2) is 42.2 Å². The molecule has 21 heavy (non-hydrogen) atoms. The second-order valence-corrected chi connectivity index (χ2v) is 5.61. The maximum absolute atomic E-state index is 5.75. The molecule has 0 aliphatic carbocycles. The van der Waals surface area contributed by atoms with Gasteiger partial charge in [0.2, 0.25) is 0 Å². The number of nitrogens with one attached hydrogen (secondary N) is 1. The molecule has 2 aromatic rings. The Labute approximate surface area is 125 Å². The summed E-state index contributed by atoms with van der Waals surface area (Å²) in [6.07, 6.45) is 4.75. The third-order valence-electron chi connectivity index (χ3n) is 4.01. The molecule has 5 heteroatoms. The van der Waals surface area contributed by atoms with Crippen molar-refractivity contribution in [2.45, 2.75) is 32.4 Å². The van der Waals surface area contributed by atoms with Gasteiger partial charge in [-0.2, -0.15) is 0 Å². The fourth-order valence-corrected chi connectivity index (χ4v) is 2.93. The molecule has 1 saturated heterocycles. The number of rotatable bonds is 6. The van der Waals surface area contributed by atoms with Crippen LogP contribution in [0.5, 0.6) is 0 Å². The first-order chi connectivity index (χ1) is 10.3. The van der Waals surface area contributed by atoms with Crippen LogP contribution in [0.2, 0.25) is 0 Å². The third kappa shape index (κ3) is 3.04. The van der Waals surface area contributed by atoms with Gasteiger partial charge < -0.3 is 19.4 Å². The highest BCUT2D eigenvalue weighted by atomic mass is 16.5. The lowest BCUT2D eigenvalue weighted by Crippen LogP contribution is -2.30. The van der Waals surface area contributed by atoms with Crippen molar-refractivity contribution in [3.63, 3.8) is 0 Å². The van der Waals surface area contributed by atoms with Crippen LogP contribution in [0.4, 0.5) is 5.82 Å². The smallest absolute Gasteiger partial charge is 0.152 e. The monoisotopic (exact) mass is 288 g/mol. The summed E-state index contributed by atoms with van der Waals surface area (Å²) >= 11 is 0. The number of anilines is 1. The second kappa shape index (κ2) is 6.45. The summed E-state index contributed by atoms with van der Waals surface area (Å²) in [6.45, 7) is 5.71. The molecule has 0 amide bonds. The zero-order valence-corrected chi connectivity index (χ0v) is 12.9. The molecular weight excluding hydrogens is 264 g/mol. The van der Waals surface area contributed by atoms with Crippen molar-refractivity contribution < 1.29 is 4.74 Å². The third-order valence-corrected chi connectivity index (χ3v) is 4.01. The lowest BCUT2D eigenvalue weighted by molar-refractivity contribution is 0.116. The number of fused-ring (bicyclic) bond motifs is 1. The Bertz CT molecular complexity index is 589. The van der Waals surface area contributed by atoms with Crippen molar-refractivity contribution in [3.8, 4) is 0 Å². The highest BCUT2D eigenvalue weighted by Crippen LogP contribution is 2.23. The van der Waals surface area contributed by atoms with Gasteiger partial charge in [0.1, 0.15) is 5.65 Å². The van der Waals surface area contributed by atoms with Crippen LogP contribution in [0, 0.1) is 0 Å². The van der Waals surface area contributed by atoms with Gasteiger partial charge in [0.05, 0.1) is 11.8 Å². The standard InChI is InChI=1S/C16H24N4O/c1-3-17-11-14-16(18-15-8-4-5-9-20(14)15)19(2)12-13-7-6-10-21-13/h4-5,8-9,13,17H,3,6-7,10-12H2,1-2H3. The number of imidazole rings is 1. The van der Waals surface area contributed by atoms with Gasteiger partial charge in [0.15, 0.2) is 5.82 Å². The van der Waals surface area contributed by atoms with Crippen LogP contribution in [-0.2, 0) is 11.3 Å². The van der Waals surface area contributed by atoms with Crippen molar-refractivity contribution in [3.05, 3.63) is 30.1 Å². The first-order valence-electron chi connectivity index (χ1n) is 7.79. The van der Waals surface area contributed by atoms with E-state index in [1.165, 1.54) is 12.1 Å². The van der Waals surface area contributed by atoms with E-state index in [0.29, 0.717) is 6.10 Å². The molecule has 1 N–H and O–H groups in total. The summed E-state index contributed by atoms with van der Waals surface area (Å²) in [7, 11) is 2.11. The van der Waals surface area contributed by atoms with Gasteiger partial charge in [0, 0.05) is 32.9 Å². The molecule has 0 bridgehead atoms. The summed E-state index contributed by atoms with van der Waals surface area (Å²) in [6, 6.07) is 6.13. The van der Waals surface area contributed by atoms with Crippen LogP contribution in [0.1, 0.15) is 25.5 Å². The van der Waals surface area contributed by atoms with Crippen molar-refractivity contribution in [2.24, 2.45) is 0 Å². The number of likely N-dealkylation sites (N-methyl/N-ethyl adjacent to an activating group) is 1. The van der Waals surface area contributed by atoms with E-state index in [4.69, 9.17) is 9.72 Å². The molecule has 1 unspecified atom stereocenters. The average Bonchev–Trinajstić information content (AvgIpc) is 3.12. The first kappa shape index (κ1) is 14.4. The van der Waals surface area contributed by atoms with Gasteiger partial charge in [-0.15, -0.1) is 0 Å². The Kier molecular flexibility index (Phi) is 4.41. The molecule has 3 heterocycles. The van der Waals surface area contributed by atoms with Gasteiger partial charge >= 0.3 is 0 Å². The van der Waals surface area contributed by atoms with E-state index >= 15 is 0 Å². The van der Waals surface area contributed by atoms with E-state index in [-0.39, 0.29) is 0 Å². The fourth-order valence-electron chi connectivity index (χ4n) is 2.93. The molecule has 2 aromatic heterocycles. The predicted octanol–water partition coefficient (Wildman–Crippen LogP) is 2.06. The second-order valence-electron chi connectivity index (χ2n) is 5.61. The molecular formula is C16H24N4O. The SMILES string of the molecule is CCNCc1c(N(C)CC2CCCO2)nc2ccccn12. The molecule has 1 aliphatic heterocycles. The maximum Gasteiger partial charge on any atom is 0.152 e. The number of pyridine rings is 1. The first-order valence-corrected chi connectivity index (χ1v) is 7.79. The topological polar surface area (TPSA) is 41.8 Å². The summed E-state index contributed by atoms with van der Waals surface area (Å²) < 4.78 is 7.92. The van der Waals surface area contributed by atoms with Gasteiger partial charge in [-0.3, -0.25) is 0 Å². The molecule has 1 fully saturated rings. The minimum absolute atomic E-state index is 0.340. The fraction of sp³-hybridized carbons (Fsp3) is 0.562. The normalized spacial score (nSPS) is 18.5. The number of hydrogen-bond acceptors (Lipinski definition) is 4. The van der Waals surface area contributed by atoms with E-state index in [9.17, 15) is 0 Å². The number of nitrogens with zero attached hydrogens (tertiary/aromatic N) is 3. The zero-order chi connectivity index (χ0) is 14.7. The molecule has 0 saturated carbocycles. The molecule has 0 aromatic carbocycles. The Hall–Kier alpha value is -1.59. The van der Waals surface area contributed by atoms with Crippen molar-refractivity contribution in [1.82, 2.24) is 14.7 Å². The molecule has 1 aliphatic rings. The van der Waals surface area contributed by atoms with Gasteiger partial charge in [-0.05, 0) is 31.5 Å². The summed E-state index contributed by atoms with van der Waals surface area (Å²) in [5, 5.41) is 3.41. The van der Waals surface area contributed by atoms with Gasteiger partial charge in [-0.25, -0.2) is 4.98 Å². The Morgan fingerprint density at radius 1 is 1.48 bits per heavy atom. The zero-order valence-electron chi connectivity index (χ0n) is 12.9. The predicted molar refractivity (Wildman–Crippen MR) is 84.8 cm³/mol. The molecule has 114 valence electrons. The van der Waals surface area contributed by atoms with E-state index < -0.39 is 0 Å². The van der Waals surface area contributed by atoms with E-state index in [1.54, 1.807) is 0 Å². The quantitative estimate of drug-likeness (QED) is 0.883. The summed E-state index contributed by atoms with van der Waals surface area (Å²) in [4.78, 5) is 7.03. The van der Waals surface area contributed by atoms with Crippen LogP contribution < -0.4 is 10.2 Å². The van der Waals surface area contributed by atoms with Crippen molar-refractivity contribution >= 4 is 11.5 Å². The number of aromatic nitrogens is 2. The molecule has 1 atom stereocenters. The summed E-state index contributed by atoms with van der Waals surface area (Å²) in [5.41, 5.74) is 2.22. The van der Waals surface area contributed by atoms with E-state index in [1.807, 2.05) is 12.1 Å². The number of hydrogen-bond donors (Lipinski definition) is 1. The minimum atomic E-state index is 0.340. The molecule has 3 rings (SSSR count). The Balaban J connectivity index is 1.87. The maximum atomic E-state index is 5.75. The van der Waals surface area contributed by atoms with Crippen molar-refractivity contribution in [1.29, 1.82) is 0 Å². The minimum Gasteiger partial charge on any atom is -0.376 e. The Morgan fingerprint density at radius 3 is 3.14 bits per heavy atom.